The molecule has 0 aliphatic heterocycles. The Bertz CT molecular complexity index is 912. The van der Waals surface area contributed by atoms with E-state index in [0.717, 1.165) is 6.54 Å². The van der Waals surface area contributed by atoms with Crippen LogP contribution >= 0.6 is 11.6 Å². The minimum atomic E-state index is -3.90. The number of halogens is 1. The second kappa shape index (κ2) is 10.4. The van der Waals surface area contributed by atoms with Crippen LogP contribution in [0.15, 0.2) is 52.0 Å². The van der Waals surface area contributed by atoms with E-state index < -0.39 is 26.9 Å². The zero-order valence-electron chi connectivity index (χ0n) is 16.2. The number of amides is 2. The number of hydrogen-bond donors (Lipinski definition) is 2. The lowest BCUT2D eigenvalue weighted by Crippen LogP contribution is -2.42. The molecule has 1 heterocycles. The molecule has 0 aliphatic carbocycles. The molecule has 158 valence electrons. The van der Waals surface area contributed by atoms with E-state index in [1.54, 1.807) is 6.07 Å². The summed E-state index contributed by atoms with van der Waals surface area (Å²) in [4.78, 5) is 26.0. The van der Waals surface area contributed by atoms with Gasteiger partial charge in [-0.15, -0.1) is 0 Å². The lowest BCUT2D eigenvalue weighted by molar-refractivity contribution is -0.139. The molecule has 2 N–H and O–H groups in total. The molecule has 1 aromatic carbocycles. The van der Waals surface area contributed by atoms with E-state index in [1.807, 2.05) is 19.0 Å². The number of rotatable bonds is 9. The van der Waals surface area contributed by atoms with Crippen molar-refractivity contribution in [3.05, 3.63) is 53.4 Å². The van der Waals surface area contributed by atoms with Crippen LogP contribution in [0.2, 0.25) is 5.02 Å². The van der Waals surface area contributed by atoms with Crippen molar-refractivity contribution in [1.29, 1.82) is 0 Å². The highest BCUT2D eigenvalue weighted by atomic mass is 35.5. The van der Waals surface area contributed by atoms with Gasteiger partial charge in [0.2, 0.25) is 0 Å². The number of nitrogens with zero attached hydrogens (tertiary/aromatic N) is 1. The molecule has 0 spiro atoms. The number of carbonyl (C=O) groups is 2. The maximum absolute atomic E-state index is 13.0. The molecule has 0 radical (unpaired) electrons. The minimum Gasteiger partial charge on any atom is -0.468 e. The van der Waals surface area contributed by atoms with Crippen molar-refractivity contribution >= 4 is 33.3 Å². The Morgan fingerprint density at radius 2 is 1.76 bits per heavy atom. The van der Waals surface area contributed by atoms with Crippen LogP contribution < -0.4 is 10.6 Å². The third-order valence-electron chi connectivity index (χ3n) is 4.10. The van der Waals surface area contributed by atoms with E-state index in [0.29, 0.717) is 18.0 Å². The van der Waals surface area contributed by atoms with Gasteiger partial charge in [0.1, 0.15) is 11.0 Å². The third-order valence-corrected chi connectivity index (χ3v) is 6.43. The van der Waals surface area contributed by atoms with Crippen molar-refractivity contribution in [2.24, 2.45) is 0 Å². The highest BCUT2D eigenvalue weighted by Gasteiger charge is 2.32. The van der Waals surface area contributed by atoms with E-state index in [4.69, 9.17) is 16.0 Å². The van der Waals surface area contributed by atoms with Gasteiger partial charge in [0.05, 0.1) is 11.2 Å². The van der Waals surface area contributed by atoms with E-state index >= 15 is 0 Å². The maximum atomic E-state index is 13.0. The van der Waals surface area contributed by atoms with Crippen LogP contribution in [0.3, 0.4) is 0 Å². The van der Waals surface area contributed by atoms with E-state index in [9.17, 15) is 18.0 Å². The molecular formula is C19H24ClN3O5S. The zero-order valence-corrected chi connectivity index (χ0v) is 17.8. The predicted molar refractivity (Wildman–Crippen MR) is 109 cm³/mol. The number of hydrogen-bond acceptors (Lipinski definition) is 6. The van der Waals surface area contributed by atoms with Gasteiger partial charge in [-0.1, -0.05) is 11.6 Å². The largest absolute Gasteiger partial charge is 0.468 e. The summed E-state index contributed by atoms with van der Waals surface area (Å²) < 4.78 is 31.3. The van der Waals surface area contributed by atoms with E-state index in [-0.39, 0.29) is 17.2 Å². The molecule has 0 saturated carbocycles. The van der Waals surface area contributed by atoms with Gasteiger partial charge in [0.15, 0.2) is 9.84 Å². The number of sulfone groups is 1. The summed E-state index contributed by atoms with van der Waals surface area (Å²) in [6, 6.07) is 8.76. The van der Waals surface area contributed by atoms with Crippen molar-refractivity contribution < 1.29 is 22.4 Å². The summed E-state index contributed by atoms with van der Waals surface area (Å²) >= 11 is 5.83. The molecular weight excluding hydrogens is 418 g/mol. The molecule has 0 bridgehead atoms. The molecule has 0 aliphatic rings. The SMILES string of the molecule is CN(C)CCCNC(=O)C(=O)NCC(c1ccco1)S(=O)(=O)c1ccc(Cl)cc1. The van der Waals surface area contributed by atoms with Crippen molar-refractivity contribution in [2.75, 3.05) is 33.7 Å². The smallest absolute Gasteiger partial charge is 0.309 e. The number of furan rings is 1. The average Bonchev–Trinajstić information content (AvgIpc) is 3.19. The van der Waals surface area contributed by atoms with Crippen LogP contribution in [-0.2, 0) is 19.4 Å². The van der Waals surface area contributed by atoms with Gasteiger partial charge < -0.3 is 20.0 Å². The van der Waals surface area contributed by atoms with Crippen LogP contribution in [0, 0.1) is 0 Å². The van der Waals surface area contributed by atoms with Gasteiger partial charge in [-0.3, -0.25) is 9.59 Å². The Hall–Kier alpha value is -2.36. The molecule has 2 amide bonds. The van der Waals surface area contributed by atoms with Crippen LogP contribution in [0.1, 0.15) is 17.4 Å². The number of carbonyl (C=O) groups excluding carboxylic acids is 2. The lowest BCUT2D eigenvalue weighted by Gasteiger charge is -2.17. The quantitative estimate of drug-likeness (QED) is 0.452. The lowest BCUT2D eigenvalue weighted by atomic mass is 10.3. The first kappa shape index (κ1) is 22.9. The Kier molecular flexibility index (Phi) is 8.24. The van der Waals surface area contributed by atoms with Gasteiger partial charge in [0, 0.05) is 18.1 Å². The van der Waals surface area contributed by atoms with Crippen LogP contribution in [-0.4, -0.2) is 58.9 Å². The fraction of sp³-hybridized carbons (Fsp3) is 0.368. The van der Waals surface area contributed by atoms with Crippen LogP contribution in [0.25, 0.3) is 0 Å². The van der Waals surface area contributed by atoms with Crippen molar-refractivity contribution in [2.45, 2.75) is 16.6 Å². The molecule has 1 aromatic heterocycles. The second-order valence-electron chi connectivity index (χ2n) is 6.63. The fourth-order valence-corrected chi connectivity index (χ4v) is 4.28. The van der Waals surface area contributed by atoms with Gasteiger partial charge in [-0.05, 0) is 63.5 Å². The molecule has 8 nitrogen and oxygen atoms in total. The molecule has 2 aromatic rings. The van der Waals surface area contributed by atoms with Crippen molar-refractivity contribution in [3.8, 4) is 0 Å². The monoisotopic (exact) mass is 441 g/mol. The number of nitrogens with one attached hydrogen (secondary N) is 2. The predicted octanol–water partition coefficient (Wildman–Crippen LogP) is 1.63. The molecule has 10 heteroatoms. The van der Waals surface area contributed by atoms with Gasteiger partial charge in [0.25, 0.3) is 0 Å². The van der Waals surface area contributed by atoms with E-state index in [1.165, 1.54) is 36.6 Å². The van der Waals surface area contributed by atoms with Crippen molar-refractivity contribution in [1.82, 2.24) is 15.5 Å². The second-order valence-corrected chi connectivity index (χ2v) is 9.19. The molecule has 2 rings (SSSR count). The molecule has 1 atom stereocenters. The Balaban J connectivity index is 2.05. The van der Waals surface area contributed by atoms with E-state index in [2.05, 4.69) is 10.6 Å². The number of benzene rings is 1. The Morgan fingerprint density at radius 1 is 1.10 bits per heavy atom. The molecule has 0 fully saturated rings. The first-order valence-corrected chi connectivity index (χ1v) is 10.9. The summed E-state index contributed by atoms with van der Waals surface area (Å²) in [5.41, 5.74) is 0. The first-order chi connectivity index (χ1) is 13.7. The standard InChI is InChI=1S/C19H24ClN3O5S/c1-23(2)11-4-10-21-18(24)19(25)22-13-17(16-5-3-12-28-16)29(26,27)15-8-6-14(20)7-9-15/h3,5-9,12,17H,4,10-11,13H2,1-2H3,(H,21,24)(H,22,25). The highest BCUT2D eigenvalue weighted by molar-refractivity contribution is 7.91. The summed E-state index contributed by atoms with van der Waals surface area (Å²) in [6.07, 6.45) is 2.03. The molecule has 29 heavy (non-hydrogen) atoms. The zero-order chi connectivity index (χ0) is 21.4. The van der Waals surface area contributed by atoms with Crippen LogP contribution in [0.5, 0.6) is 0 Å². The Morgan fingerprint density at radius 3 is 2.34 bits per heavy atom. The third kappa shape index (κ3) is 6.59. The normalized spacial score (nSPS) is 12.6. The summed E-state index contributed by atoms with van der Waals surface area (Å²) in [7, 11) is -0.0826. The first-order valence-electron chi connectivity index (χ1n) is 8.95. The minimum absolute atomic E-state index is 0.0330. The summed E-state index contributed by atoms with van der Waals surface area (Å²) in [6.45, 7) is 0.791. The topological polar surface area (TPSA) is 109 Å². The maximum Gasteiger partial charge on any atom is 0.309 e. The molecule has 1 unspecified atom stereocenters. The van der Waals surface area contributed by atoms with Gasteiger partial charge in [-0.2, -0.15) is 0 Å². The summed E-state index contributed by atoms with van der Waals surface area (Å²) in [5.74, 6) is -1.56. The van der Waals surface area contributed by atoms with Gasteiger partial charge in [-0.25, -0.2) is 8.42 Å². The van der Waals surface area contributed by atoms with Crippen LogP contribution in [0.4, 0.5) is 0 Å². The van der Waals surface area contributed by atoms with Gasteiger partial charge >= 0.3 is 11.8 Å². The Labute approximate surface area is 175 Å². The summed E-state index contributed by atoms with van der Waals surface area (Å²) in [5, 5.41) is 4.10. The molecule has 0 saturated heterocycles. The fourth-order valence-electron chi connectivity index (χ4n) is 2.57. The van der Waals surface area contributed by atoms with Crippen molar-refractivity contribution in [3.63, 3.8) is 0 Å². The highest BCUT2D eigenvalue weighted by Crippen LogP contribution is 2.29. The average molecular weight is 442 g/mol.